The summed E-state index contributed by atoms with van der Waals surface area (Å²) in [5.74, 6) is 0.532. The maximum Gasteiger partial charge on any atom is 0.230 e. The summed E-state index contributed by atoms with van der Waals surface area (Å²) in [6, 6.07) is 12.1. The number of thioether (sulfide) groups is 1. The normalized spacial score (nSPS) is 11.0. The Morgan fingerprint density at radius 2 is 1.94 bits per heavy atom. The highest BCUT2D eigenvalue weighted by molar-refractivity contribution is 7.98. The molecule has 0 unspecified atom stereocenters. The molecule has 1 amide bonds. The van der Waals surface area contributed by atoms with Gasteiger partial charge in [0.1, 0.15) is 0 Å². The minimum Gasteiger partial charge on any atom is -0.274 e. The van der Waals surface area contributed by atoms with Crippen LogP contribution >= 0.6 is 23.1 Å². The summed E-state index contributed by atoms with van der Waals surface area (Å²) in [4.78, 5) is 18.9. The number of anilines is 2. The zero-order chi connectivity index (χ0) is 22.8. The second-order valence-corrected chi connectivity index (χ2v) is 9.43. The lowest BCUT2D eigenvalue weighted by Gasteiger charge is -2.20. The van der Waals surface area contributed by atoms with Gasteiger partial charge in [0.2, 0.25) is 11.1 Å². The number of thiazole rings is 1. The number of benzene rings is 2. The summed E-state index contributed by atoms with van der Waals surface area (Å²) in [6.07, 6.45) is 0. The van der Waals surface area contributed by atoms with Gasteiger partial charge in [0.25, 0.3) is 0 Å². The molecule has 0 bridgehead atoms. The summed E-state index contributed by atoms with van der Waals surface area (Å²) in [7, 11) is 0. The van der Waals surface area contributed by atoms with Crippen LogP contribution in [0.25, 0.3) is 5.69 Å². The Labute approximate surface area is 195 Å². The number of tetrazole rings is 1. The van der Waals surface area contributed by atoms with Gasteiger partial charge in [-0.25, -0.2) is 4.98 Å². The first-order valence-electron chi connectivity index (χ1n) is 10.1. The number of hydrogen-bond donors (Lipinski definition) is 0. The van der Waals surface area contributed by atoms with Crippen molar-refractivity contribution in [2.45, 2.75) is 45.5 Å². The molecule has 4 aromatic rings. The molecule has 4 rings (SSSR count). The lowest BCUT2D eigenvalue weighted by atomic mass is 10.1. The first-order chi connectivity index (χ1) is 15.3. The van der Waals surface area contributed by atoms with Crippen LogP contribution in [-0.4, -0.2) is 31.1 Å². The molecular formula is C23H24N6OS2. The molecule has 0 spiro atoms. The molecule has 2 aromatic heterocycles. The fraction of sp³-hybridized carbons (Fsp3) is 0.261. The molecule has 2 aromatic carbocycles. The topological polar surface area (TPSA) is 76.8 Å². The van der Waals surface area contributed by atoms with E-state index in [1.807, 2.05) is 43.5 Å². The molecule has 0 fully saturated rings. The predicted octanol–water partition coefficient (Wildman–Crippen LogP) is 5.33. The van der Waals surface area contributed by atoms with E-state index in [2.05, 4.69) is 41.5 Å². The van der Waals surface area contributed by atoms with Crippen molar-refractivity contribution in [2.24, 2.45) is 0 Å². The third-order valence-corrected chi connectivity index (χ3v) is 7.06. The second kappa shape index (κ2) is 9.22. The number of aryl methyl sites for hydroxylation is 3. The average molecular weight is 465 g/mol. The molecule has 0 aliphatic rings. The zero-order valence-electron chi connectivity index (χ0n) is 18.7. The number of nitrogens with zero attached hydrogens (tertiary/aromatic N) is 6. The van der Waals surface area contributed by atoms with Gasteiger partial charge in [-0.05, 0) is 66.9 Å². The molecule has 0 saturated carbocycles. The van der Waals surface area contributed by atoms with Crippen LogP contribution in [0.2, 0.25) is 0 Å². The third kappa shape index (κ3) is 4.44. The van der Waals surface area contributed by atoms with E-state index in [-0.39, 0.29) is 5.91 Å². The second-order valence-electron chi connectivity index (χ2n) is 7.65. The number of rotatable bonds is 6. The first kappa shape index (κ1) is 22.2. The Morgan fingerprint density at radius 1 is 1.12 bits per heavy atom. The lowest BCUT2D eigenvalue weighted by molar-refractivity contribution is -0.115. The maximum atomic E-state index is 12.5. The Hall–Kier alpha value is -3.04. The predicted molar refractivity (Wildman–Crippen MR) is 129 cm³/mol. The Kier molecular flexibility index (Phi) is 6.38. The van der Waals surface area contributed by atoms with Crippen LogP contribution in [0.5, 0.6) is 0 Å². The highest BCUT2D eigenvalue weighted by Gasteiger charge is 2.20. The van der Waals surface area contributed by atoms with Crippen LogP contribution < -0.4 is 4.90 Å². The van der Waals surface area contributed by atoms with E-state index < -0.39 is 0 Å². The molecule has 0 aliphatic carbocycles. The largest absolute Gasteiger partial charge is 0.274 e. The Morgan fingerprint density at radius 3 is 2.69 bits per heavy atom. The van der Waals surface area contributed by atoms with Crippen molar-refractivity contribution in [3.8, 4) is 5.69 Å². The number of hydrogen-bond acceptors (Lipinski definition) is 7. The number of amides is 1. The van der Waals surface area contributed by atoms with Gasteiger partial charge in [-0.2, -0.15) is 4.68 Å². The zero-order valence-corrected chi connectivity index (χ0v) is 20.3. The van der Waals surface area contributed by atoms with Gasteiger partial charge in [-0.3, -0.25) is 9.69 Å². The molecule has 0 aliphatic heterocycles. The van der Waals surface area contributed by atoms with Crippen molar-refractivity contribution < 1.29 is 4.79 Å². The molecule has 0 saturated heterocycles. The van der Waals surface area contributed by atoms with Crippen molar-refractivity contribution in [1.29, 1.82) is 0 Å². The van der Waals surface area contributed by atoms with Crippen LogP contribution in [0.4, 0.5) is 10.8 Å². The summed E-state index contributed by atoms with van der Waals surface area (Å²) < 4.78 is 1.76. The molecule has 0 atom stereocenters. The van der Waals surface area contributed by atoms with Gasteiger partial charge in [0, 0.05) is 18.1 Å². The van der Waals surface area contributed by atoms with Crippen molar-refractivity contribution in [3.05, 3.63) is 69.7 Å². The monoisotopic (exact) mass is 464 g/mol. The van der Waals surface area contributed by atoms with E-state index in [4.69, 9.17) is 4.98 Å². The SMILES string of the molecule is CC(=O)N(c1nc(CSc2nnnn2-c2cccc(C)c2C)cs1)c1ccc(C)cc1C. The molecule has 164 valence electrons. The Bertz CT molecular complexity index is 1280. The van der Waals surface area contributed by atoms with Gasteiger partial charge in [-0.15, -0.1) is 16.4 Å². The summed E-state index contributed by atoms with van der Waals surface area (Å²) in [5.41, 5.74) is 7.23. The standard InChI is InChI=1S/C23H24N6OS2/c1-14-9-10-20(16(3)11-14)28(18(5)30)22-24-19(12-31-22)13-32-23-25-26-27-29(23)21-8-6-7-15(2)17(21)4/h6-12H,13H2,1-5H3. The van der Waals surface area contributed by atoms with E-state index >= 15 is 0 Å². The van der Waals surface area contributed by atoms with Gasteiger partial charge in [-0.1, -0.05) is 41.6 Å². The summed E-state index contributed by atoms with van der Waals surface area (Å²) in [6.45, 7) is 9.75. The van der Waals surface area contributed by atoms with Crippen LogP contribution in [0.15, 0.2) is 46.9 Å². The van der Waals surface area contributed by atoms with E-state index in [0.29, 0.717) is 16.0 Å². The van der Waals surface area contributed by atoms with E-state index in [1.165, 1.54) is 28.7 Å². The number of aromatic nitrogens is 5. The average Bonchev–Trinajstić information content (AvgIpc) is 3.40. The van der Waals surface area contributed by atoms with Gasteiger partial charge < -0.3 is 0 Å². The molecule has 32 heavy (non-hydrogen) atoms. The maximum absolute atomic E-state index is 12.5. The third-order valence-electron chi connectivity index (χ3n) is 5.23. The highest BCUT2D eigenvalue weighted by atomic mass is 32.2. The first-order valence-corrected chi connectivity index (χ1v) is 12.0. The Balaban J connectivity index is 1.55. The molecule has 0 radical (unpaired) electrons. The van der Waals surface area contributed by atoms with E-state index in [0.717, 1.165) is 33.8 Å². The molecule has 2 heterocycles. The van der Waals surface area contributed by atoms with Crippen molar-refractivity contribution >= 4 is 39.8 Å². The summed E-state index contributed by atoms with van der Waals surface area (Å²) >= 11 is 2.98. The molecular weight excluding hydrogens is 440 g/mol. The van der Waals surface area contributed by atoms with Gasteiger partial charge in [0.15, 0.2) is 5.13 Å². The molecule has 7 nitrogen and oxygen atoms in total. The van der Waals surface area contributed by atoms with Crippen LogP contribution in [-0.2, 0) is 10.5 Å². The van der Waals surface area contributed by atoms with Gasteiger partial charge >= 0.3 is 0 Å². The minimum atomic E-state index is -0.0654. The number of carbonyl (C=O) groups excluding carboxylic acids is 1. The van der Waals surface area contributed by atoms with Crippen molar-refractivity contribution in [2.75, 3.05) is 4.90 Å². The molecule has 0 N–H and O–H groups in total. The van der Waals surface area contributed by atoms with Crippen LogP contribution in [0.1, 0.15) is 34.9 Å². The van der Waals surface area contributed by atoms with E-state index in [9.17, 15) is 4.79 Å². The van der Waals surface area contributed by atoms with E-state index in [1.54, 1.807) is 16.5 Å². The summed E-state index contributed by atoms with van der Waals surface area (Å²) in [5, 5.41) is 15.6. The van der Waals surface area contributed by atoms with Crippen molar-refractivity contribution in [1.82, 2.24) is 25.2 Å². The van der Waals surface area contributed by atoms with Crippen LogP contribution in [0, 0.1) is 27.7 Å². The quantitative estimate of drug-likeness (QED) is 0.359. The van der Waals surface area contributed by atoms with Crippen LogP contribution in [0.3, 0.4) is 0 Å². The fourth-order valence-electron chi connectivity index (χ4n) is 3.45. The van der Waals surface area contributed by atoms with Gasteiger partial charge in [0.05, 0.1) is 17.1 Å². The highest BCUT2D eigenvalue weighted by Crippen LogP contribution is 2.33. The molecule has 9 heteroatoms. The minimum absolute atomic E-state index is 0.0654. The fourth-order valence-corrected chi connectivity index (χ4v) is 5.21. The van der Waals surface area contributed by atoms with Crippen molar-refractivity contribution in [3.63, 3.8) is 0 Å². The number of carbonyl (C=O) groups is 1. The lowest BCUT2D eigenvalue weighted by Crippen LogP contribution is -2.23. The smallest absolute Gasteiger partial charge is 0.230 e.